The number of aliphatic hydroxyl groups excluding tert-OH is 2. The molecule has 2 unspecified atom stereocenters. The molecular formula is C15H11NO3. The summed E-state index contributed by atoms with van der Waals surface area (Å²) >= 11 is 0. The number of benzene rings is 2. The summed E-state index contributed by atoms with van der Waals surface area (Å²) in [5, 5.41) is 29.9. The summed E-state index contributed by atoms with van der Waals surface area (Å²) in [6, 6.07) is 14.5. The highest BCUT2D eigenvalue weighted by Gasteiger charge is 2.22. The fourth-order valence-electron chi connectivity index (χ4n) is 2.24. The summed E-state index contributed by atoms with van der Waals surface area (Å²) in [5.74, 6) is 0. The van der Waals surface area contributed by atoms with Gasteiger partial charge in [-0.2, -0.15) is 5.26 Å². The van der Waals surface area contributed by atoms with Gasteiger partial charge in [0.15, 0.2) is 6.10 Å². The maximum absolute atomic E-state index is 9.98. The number of rotatable bonds is 2. The molecule has 1 heterocycles. The third-order valence-corrected chi connectivity index (χ3v) is 3.18. The van der Waals surface area contributed by atoms with Crippen LogP contribution in [0.4, 0.5) is 0 Å². The van der Waals surface area contributed by atoms with Crippen molar-refractivity contribution in [2.45, 2.75) is 12.2 Å². The molecule has 0 spiro atoms. The average molecular weight is 253 g/mol. The molecule has 94 valence electrons. The van der Waals surface area contributed by atoms with E-state index in [1.807, 2.05) is 30.3 Å². The lowest BCUT2D eigenvalue weighted by Crippen LogP contribution is -2.15. The summed E-state index contributed by atoms with van der Waals surface area (Å²) in [6.45, 7) is 0. The minimum Gasteiger partial charge on any atom is -0.456 e. The number of aliphatic hydroxyl groups is 2. The second-order valence-electron chi connectivity index (χ2n) is 4.34. The van der Waals surface area contributed by atoms with Crippen molar-refractivity contribution in [3.05, 3.63) is 48.0 Å². The second kappa shape index (κ2) is 4.39. The maximum Gasteiger partial charge on any atom is 0.170 e. The van der Waals surface area contributed by atoms with Crippen molar-refractivity contribution in [2.24, 2.45) is 0 Å². The topological polar surface area (TPSA) is 77.4 Å². The van der Waals surface area contributed by atoms with Crippen molar-refractivity contribution in [2.75, 3.05) is 0 Å². The fourth-order valence-corrected chi connectivity index (χ4v) is 2.24. The quantitative estimate of drug-likeness (QED) is 0.688. The number of nitrogens with zero attached hydrogens (tertiary/aromatic N) is 1. The summed E-state index contributed by atoms with van der Waals surface area (Å²) in [4.78, 5) is 0. The second-order valence-corrected chi connectivity index (χ2v) is 4.34. The minimum atomic E-state index is -1.47. The van der Waals surface area contributed by atoms with Gasteiger partial charge in [-0.3, -0.25) is 0 Å². The van der Waals surface area contributed by atoms with Crippen LogP contribution in [0, 0.1) is 11.3 Å². The predicted octanol–water partition coefficient (Wildman–Crippen LogP) is 2.50. The number of para-hydroxylation sites is 2. The summed E-state index contributed by atoms with van der Waals surface area (Å²) in [5.41, 5.74) is 1.64. The Hall–Kier alpha value is -2.35. The molecule has 3 rings (SSSR count). The largest absolute Gasteiger partial charge is 0.456 e. The first-order valence-corrected chi connectivity index (χ1v) is 5.88. The lowest BCUT2D eigenvalue weighted by molar-refractivity contribution is 0.0532. The third kappa shape index (κ3) is 1.76. The van der Waals surface area contributed by atoms with E-state index in [0.717, 1.165) is 10.8 Å². The van der Waals surface area contributed by atoms with E-state index >= 15 is 0 Å². The van der Waals surface area contributed by atoms with E-state index in [1.54, 1.807) is 18.2 Å². The van der Waals surface area contributed by atoms with Crippen LogP contribution in [0.1, 0.15) is 11.7 Å². The van der Waals surface area contributed by atoms with Crippen LogP contribution < -0.4 is 0 Å². The average Bonchev–Trinajstić information content (AvgIpc) is 2.84. The first-order valence-electron chi connectivity index (χ1n) is 5.88. The van der Waals surface area contributed by atoms with Crippen molar-refractivity contribution in [3.63, 3.8) is 0 Å². The number of hydrogen-bond donors (Lipinski definition) is 2. The smallest absolute Gasteiger partial charge is 0.170 e. The van der Waals surface area contributed by atoms with Crippen molar-refractivity contribution in [1.29, 1.82) is 5.26 Å². The molecule has 0 amide bonds. The number of hydrogen-bond acceptors (Lipinski definition) is 4. The Bertz CT molecular complexity index is 785. The molecule has 0 fully saturated rings. The fraction of sp³-hybridized carbons (Fsp3) is 0.133. The Morgan fingerprint density at radius 1 is 1.00 bits per heavy atom. The Balaban J connectivity index is 2.30. The zero-order valence-electron chi connectivity index (χ0n) is 9.95. The molecular weight excluding hydrogens is 242 g/mol. The zero-order valence-corrected chi connectivity index (χ0v) is 9.95. The molecule has 0 aliphatic rings. The molecule has 4 nitrogen and oxygen atoms in total. The van der Waals surface area contributed by atoms with Crippen molar-refractivity contribution in [1.82, 2.24) is 0 Å². The molecule has 2 aromatic carbocycles. The van der Waals surface area contributed by atoms with E-state index in [4.69, 9.17) is 9.68 Å². The lowest BCUT2D eigenvalue weighted by atomic mass is 10.0. The molecule has 0 aliphatic heterocycles. The van der Waals surface area contributed by atoms with E-state index in [2.05, 4.69) is 0 Å². The van der Waals surface area contributed by atoms with Gasteiger partial charge in [0.2, 0.25) is 0 Å². The van der Waals surface area contributed by atoms with Gasteiger partial charge in [-0.15, -0.1) is 0 Å². The van der Waals surface area contributed by atoms with Gasteiger partial charge in [0.05, 0.1) is 6.07 Å². The van der Waals surface area contributed by atoms with Gasteiger partial charge in [-0.05, 0) is 6.07 Å². The van der Waals surface area contributed by atoms with Crippen LogP contribution in [0.25, 0.3) is 21.9 Å². The summed E-state index contributed by atoms with van der Waals surface area (Å²) in [7, 11) is 0. The van der Waals surface area contributed by atoms with Crippen molar-refractivity contribution >= 4 is 21.9 Å². The van der Waals surface area contributed by atoms with Gasteiger partial charge < -0.3 is 14.6 Å². The van der Waals surface area contributed by atoms with Gasteiger partial charge in [0.25, 0.3) is 0 Å². The highest BCUT2D eigenvalue weighted by molar-refractivity contribution is 6.05. The van der Waals surface area contributed by atoms with Crippen LogP contribution in [-0.4, -0.2) is 16.3 Å². The predicted molar refractivity (Wildman–Crippen MR) is 70.3 cm³/mol. The Morgan fingerprint density at radius 2 is 1.74 bits per heavy atom. The molecule has 2 atom stereocenters. The summed E-state index contributed by atoms with van der Waals surface area (Å²) in [6.07, 6.45) is -2.76. The molecule has 2 N–H and O–H groups in total. The van der Waals surface area contributed by atoms with Crippen LogP contribution >= 0.6 is 0 Å². The highest BCUT2D eigenvalue weighted by Crippen LogP contribution is 2.33. The molecule has 0 saturated carbocycles. The first-order chi connectivity index (χ1) is 9.22. The third-order valence-electron chi connectivity index (χ3n) is 3.18. The van der Waals surface area contributed by atoms with Crippen LogP contribution in [0.3, 0.4) is 0 Å². The molecule has 0 bridgehead atoms. The van der Waals surface area contributed by atoms with Gasteiger partial charge >= 0.3 is 0 Å². The standard InChI is InChI=1S/C15H11NO3/c16-8-12(17)14(18)11-6-3-5-10-9-4-1-2-7-13(9)19-15(10)11/h1-7,12,14,17-18H. The molecule has 1 aromatic heterocycles. The van der Waals surface area contributed by atoms with Gasteiger partial charge in [-0.1, -0.05) is 36.4 Å². The zero-order chi connectivity index (χ0) is 13.4. The van der Waals surface area contributed by atoms with Crippen LogP contribution in [0.15, 0.2) is 46.9 Å². The Labute approximate surface area is 109 Å². The van der Waals surface area contributed by atoms with E-state index in [-0.39, 0.29) is 0 Å². The highest BCUT2D eigenvalue weighted by atomic mass is 16.3. The lowest BCUT2D eigenvalue weighted by Gasteiger charge is -2.11. The normalized spacial score (nSPS) is 14.4. The number of nitriles is 1. The monoisotopic (exact) mass is 253 g/mol. The summed E-state index contributed by atoms with van der Waals surface area (Å²) < 4.78 is 5.72. The Morgan fingerprint density at radius 3 is 2.53 bits per heavy atom. The number of furan rings is 1. The molecule has 4 heteroatoms. The van der Waals surface area contributed by atoms with E-state index in [0.29, 0.717) is 16.7 Å². The first kappa shape index (κ1) is 11.7. The van der Waals surface area contributed by atoms with Crippen molar-refractivity contribution < 1.29 is 14.6 Å². The number of fused-ring (bicyclic) bond motifs is 3. The molecule has 0 saturated heterocycles. The van der Waals surface area contributed by atoms with Crippen molar-refractivity contribution in [3.8, 4) is 6.07 Å². The van der Waals surface area contributed by atoms with Crippen LogP contribution in [0.2, 0.25) is 0 Å². The van der Waals surface area contributed by atoms with E-state index < -0.39 is 12.2 Å². The van der Waals surface area contributed by atoms with Crippen LogP contribution in [0.5, 0.6) is 0 Å². The van der Waals surface area contributed by atoms with Gasteiger partial charge in [0.1, 0.15) is 17.3 Å². The van der Waals surface area contributed by atoms with E-state index in [1.165, 1.54) is 0 Å². The molecule has 3 aromatic rings. The maximum atomic E-state index is 9.98. The minimum absolute atomic E-state index is 0.419. The van der Waals surface area contributed by atoms with E-state index in [9.17, 15) is 10.2 Å². The van der Waals surface area contributed by atoms with Gasteiger partial charge in [-0.25, -0.2) is 0 Å². The van der Waals surface area contributed by atoms with Crippen LogP contribution in [-0.2, 0) is 0 Å². The SMILES string of the molecule is N#CC(O)C(O)c1cccc2c1oc1ccccc12. The van der Waals surface area contributed by atoms with Gasteiger partial charge in [0, 0.05) is 16.3 Å². The molecule has 0 radical (unpaired) electrons. The molecule has 0 aliphatic carbocycles. The Kier molecular flexibility index (Phi) is 2.71. The molecule has 19 heavy (non-hydrogen) atoms.